The predicted octanol–water partition coefficient (Wildman–Crippen LogP) is 2.71. The van der Waals surface area contributed by atoms with E-state index in [1.807, 2.05) is 0 Å². The van der Waals surface area contributed by atoms with Gasteiger partial charge in [0.15, 0.2) is 0 Å². The molecular formula is C11H13ClF3NO2. The van der Waals surface area contributed by atoms with Gasteiger partial charge in [-0.05, 0) is 18.2 Å². The zero-order valence-corrected chi connectivity index (χ0v) is 10.2. The Labute approximate surface area is 108 Å². The fraction of sp³-hybridized carbons (Fsp3) is 0.455. The number of benzene rings is 1. The van der Waals surface area contributed by atoms with Gasteiger partial charge < -0.3 is 15.2 Å². The summed E-state index contributed by atoms with van der Waals surface area (Å²) >= 11 is 5.74. The van der Waals surface area contributed by atoms with E-state index in [0.717, 1.165) is 0 Å². The first kappa shape index (κ1) is 15.1. The van der Waals surface area contributed by atoms with Crippen LogP contribution in [-0.2, 0) is 11.3 Å². The minimum atomic E-state index is -4.30. The van der Waals surface area contributed by atoms with E-state index >= 15 is 0 Å². The van der Waals surface area contributed by atoms with Crippen LogP contribution in [0.5, 0.6) is 5.75 Å². The molecule has 0 aromatic heterocycles. The third kappa shape index (κ3) is 6.09. The second-order valence-electron chi connectivity index (χ2n) is 3.62. The van der Waals surface area contributed by atoms with Crippen LogP contribution in [0, 0.1) is 0 Å². The molecule has 0 radical (unpaired) electrons. The first-order valence-electron chi connectivity index (χ1n) is 5.21. The molecule has 7 heteroatoms. The Morgan fingerprint density at radius 3 is 2.72 bits per heavy atom. The highest BCUT2D eigenvalue weighted by Gasteiger charge is 2.27. The molecule has 0 heterocycles. The Bertz CT molecular complexity index is 385. The van der Waals surface area contributed by atoms with Crippen LogP contribution in [0.3, 0.4) is 0 Å². The third-order valence-electron chi connectivity index (χ3n) is 2.05. The van der Waals surface area contributed by atoms with Crippen molar-refractivity contribution in [2.45, 2.75) is 12.7 Å². The Morgan fingerprint density at radius 2 is 2.06 bits per heavy atom. The van der Waals surface area contributed by atoms with Crippen molar-refractivity contribution >= 4 is 11.6 Å². The smallest absolute Gasteiger partial charge is 0.411 e. The van der Waals surface area contributed by atoms with E-state index in [1.165, 1.54) is 6.07 Å². The molecule has 0 fully saturated rings. The van der Waals surface area contributed by atoms with Gasteiger partial charge in [0.25, 0.3) is 0 Å². The van der Waals surface area contributed by atoms with Gasteiger partial charge in [0.2, 0.25) is 0 Å². The molecule has 18 heavy (non-hydrogen) atoms. The number of nitrogens with one attached hydrogen (secondary N) is 1. The van der Waals surface area contributed by atoms with Crippen LogP contribution in [0.25, 0.3) is 0 Å². The largest absolute Gasteiger partial charge is 0.508 e. The van der Waals surface area contributed by atoms with Crippen LogP contribution in [-0.4, -0.2) is 31.0 Å². The van der Waals surface area contributed by atoms with Crippen LogP contribution in [0.15, 0.2) is 18.2 Å². The summed E-state index contributed by atoms with van der Waals surface area (Å²) in [7, 11) is 0. The first-order valence-corrected chi connectivity index (χ1v) is 5.59. The van der Waals surface area contributed by atoms with Crippen molar-refractivity contribution < 1.29 is 23.0 Å². The molecule has 3 nitrogen and oxygen atoms in total. The number of hydrogen-bond donors (Lipinski definition) is 2. The summed E-state index contributed by atoms with van der Waals surface area (Å²) in [5, 5.41) is 12.8. The van der Waals surface area contributed by atoms with Crippen molar-refractivity contribution in [2.24, 2.45) is 0 Å². The van der Waals surface area contributed by atoms with E-state index < -0.39 is 12.8 Å². The van der Waals surface area contributed by atoms with E-state index in [0.29, 0.717) is 17.1 Å². The Morgan fingerprint density at radius 1 is 1.33 bits per heavy atom. The van der Waals surface area contributed by atoms with Crippen molar-refractivity contribution in [3.63, 3.8) is 0 Å². The zero-order chi connectivity index (χ0) is 13.6. The molecule has 0 bridgehead atoms. The summed E-state index contributed by atoms with van der Waals surface area (Å²) in [4.78, 5) is 0. The quantitative estimate of drug-likeness (QED) is 0.789. The minimum absolute atomic E-state index is 0.0547. The molecule has 1 aromatic carbocycles. The maximum atomic E-state index is 11.7. The molecule has 0 aliphatic rings. The Hall–Kier alpha value is -0.980. The van der Waals surface area contributed by atoms with E-state index in [9.17, 15) is 18.3 Å². The average Bonchev–Trinajstić information content (AvgIpc) is 2.26. The highest BCUT2D eigenvalue weighted by Crippen LogP contribution is 2.21. The molecule has 0 aliphatic carbocycles. The summed E-state index contributed by atoms with van der Waals surface area (Å²) in [5.41, 5.74) is 0.582. The monoisotopic (exact) mass is 283 g/mol. The zero-order valence-electron chi connectivity index (χ0n) is 9.43. The molecule has 2 N–H and O–H groups in total. The number of alkyl halides is 3. The topological polar surface area (TPSA) is 41.5 Å². The summed E-state index contributed by atoms with van der Waals surface area (Å²) in [6.45, 7) is -0.748. The van der Waals surface area contributed by atoms with Gasteiger partial charge in [-0.15, -0.1) is 0 Å². The number of halogens is 4. The van der Waals surface area contributed by atoms with Crippen LogP contribution in [0.1, 0.15) is 5.56 Å². The molecule has 0 saturated heterocycles. The lowest BCUT2D eigenvalue weighted by Gasteiger charge is -2.09. The van der Waals surface area contributed by atoms with Gasteiger partial charge in [0.05, 0.1) is 6.61 Å². The summed E-state index contributed by atoms with van der Waals surface area (Å²) < 4.78 is 39.6. The summed E-state index contributed by atoms with van der Waals surface area (Å²) in [6.07, 6.45) is -4.30. The second-order valence-corrected chi connectivity index (χ2v) is 4.05. The molecule has 0 amide bonds. The standard InChI is InChI=1S/C11H13ClF3NO2/c12-9-1-2-10(17)8(5-9)6-16-3-4-18-7-11(13,14)15/h1-2,5,16-17H,3-4,6-7H2. The molecule has 102 valence electrons. The summed E-state index contributed by atoms with van der Waals surface area (Å²) in [5.74, 6) is 0.0862. The highest BCUT2D eigenvalue weighted by atomic mass is 35.5. The minimum Gasteiger partial charge on any atom is -0.508 e. The van der Waals surface area contributed by atoms with Crippen molar-refractivity contribution in [2.75, 3.05) is 19.8 Å². The van der Waals surface area contributed by atoms with E-state index in [-0.39, 0.29) is 18.9 Å². The highest BCUT2D eigenvalue weighted by molar-refractivity contribution is 6.30. The van der Waals surface area contributed by atoms with Crippen molar-refractivity contribution in [1.29, 1.82) is 0 Å². The van der Waals surface area contributed by atoms with Crippen molar-refractivity contribution in [3.05, 3.63) is 28.8 Å². The molecule has 0 saturated carbocycles. The van der Waals surface area contributed by atoms with E-state index in [1.54, 1.807) is 12.1 Å². The van der Waals surface area contributed by atoms with Gasteiger partial charge in [-0.3, -0.25) is 0 Å². The van der Waals surface area contributed by atoms with Gasteiger partial charge in [0.1, 0.15) is 12.4 Å². The number of aromatic hydroxyl groups is 1. The lowest BCUT2D eigenvalue weighted by Crippen LogP contribution is -2.23. The normalized spacial score (nSPS) is 11.8. The first-order chi connectivity index (χ1) is 8.38. The molecule has 1 aromatic rings. The number of rotatable bonds is 6. The maximum Gasteiger partial charge on any atom is 0.411 e. The van der Waals surface area contributed by atoms with Gasteiger partial charge >= 0.3 is 6.18 Å². The van der Waals surface area contributed by atoms with Gasteiger partial charge in [-0.2, -0.15) is 13.2 Å². The van der Waals surface area contributed by atoms with Crippen molar-refractivity contribution in [3.8, 4) is 5.75 Å². The molecule has 0 atom stereocenters. The van der Waals surface area contributed by atoms with Crippen LogP contribution < -0.4 is 5.32 Å². The fourth-order valence-corrected chi connectivity index (χ4v) is 1.45. The lowest BCUT2D eigenvalue weighted by atomic mass is 10.2. The maximum absolute atomic E-state index is 11.7. The van der Waals surface area contributed by atoms with E-state index in [2.05, 4.69) is 10.1 Å². The molecule has 0 spiro atoms. The third-order valence-corrected chi connectivity index (χ3v) is 2.28. The van der Waals surface area contributed by atoms with Crippen LogP contribution in [0.4, 0.5) is 13.2 Å². The second kappa shape index (κ2) is 6.82. The fourth-order valence-electron chi connectivity index (χ4n) is 1.25. The summed E-state index contributed by atoms with van der Waals surface area (Å²) in [6, 6.07) is 4.59. The molecular weight excluding hydrogens is 271 g/mol. The van der Waals surface area contributed by atoms with Crippen molar-refractivity contribution in [1.82, 2.24) is 5.32 Å². The number of phenolic OH excluding ortho intramolecular Hbond substituents is 1. The number of phenols is 1. The van der Waals surface area contributed by atoms with Gasteiger partial charge in [-0.25, -0.2) is 0 Å². The SMILES string of the molecule is Oc1ccc(Cl)cc1CNCCOCC(F)(F)F. The number of ether oxygens (including phenoxy) is 1. The predicted molar refractivity (Wildman–Crippen MR) is 61.7 cm³/mol. The Kier molecular flexibility index (Phi) is 5.71. The van der Waals surface area contributed by atoms with Gasteiger partial charge in [-0.1, -0.05) is 11.6 Å². The lowest BCUT2D eigenvalue weighted by molar-refractivity contribution is -0.173. The van der Waals surface area contributed by atoms with Crippen LogP contribution in [0.2, 0.25) is 5.02 Å². The van der Waals surface area contributed by atoms with E-state index in [4.69, 9.17) is 11.6 Å². The van der Waals surface area contributed by atoms with Gasteiger partial charge in [0, 0.05) is 23.7 Å². The molecule has 0 aliphatic heterocycles. The molecule has 0 unspecified atom stereocenters. The Balaban J connectivity index is 2.20. The average molecular weight is 284 g/mol. The number of hydrogen-bond acceptors (Lipinski definition) is 3. The van der Waals surface area contributed by atoms with Crippen LogP contribution >= 0.6 is 11.6 Å². The molecule has 1 rings (SSSR count).